The molecule has 0 saturated carbocycles. The molecule has 7 heteroatoms. The van der Waals surface area contributed by atoms with Crippen LogP contribution in [0, 0.1) is 6.92 Å². The van der Waals surface area contributed by atoms with Crippen molar-refractivity contribution in [2.24, 2.45) is 4.99 Å². The Balaban J connectivity index is 0.00000288. The van der Waals surface area contributed by atoms with E-state index in [1.54, 1.807) is 18.8 Å². The van der Waals surface area contributed by atoms with Crippen molar-refractivity contribution >= 4 is 53.3 Å². The molecule has 0 aliphatic heterocycles. The number of nitrogens with one attached hydrogen (secondary N) is 2. The quantitative estimate of drug-likeness (QED) is 0.216. The SMILES string of the molecule is CN=C(NCCSc1ccc(Cl)cc1)NCc1ncccc1C.I. The number of aromatic nitrogens is 1. The topological polar surface area (TPSA) is 49.3 Å². The van der Waals surface area contributed by atoms with Crippen molar-refractivity contribution in [3.8, 4) is 0 Å². The Kier molecular flexibility index (Phi) is 10.1. The van der Waals surface area contributed by atoms with Gasteiger partial charge in [0.05, 0.1) is 12.2 Å². The summed E-state index contributed by atoms with van der Waals surface area (Å²) < 4.78 is 0. The van der Waals surface area contributed by atoms with Crippen LogP contribution in [0.15, 0.2) is 52.5 Å². The van der Waals surface area contributed by atoms with Crippen LogP contribution in [0.4, 0.5) is 0 Å². The molecular weight excluding hydrogens is 455 g/mol. The largest absolute Gasteiger partial charge is 0.356 e. The average molecular weight is 477 g/mol. The van der Waals surface area contributed by atoms with Gasteiger partial charge in [-0.25, -0.2) is 0 Å². The molecule has 2 N–H and O–H groups in total. The molecule has 24 heavy (non-hydrogen) atoms. The number of halogens is 2. The van der Waals surface area contributed by atoms with Gasteiger partial charge in [0.2, 0.25) is 0 Å². The van der Waals surface area contributed by atoms with E-state index in [4.69, 9.17) is 11.6 Å². The van der Waals surface area contributed by atoms with E-state index in [2.05, 4.69) is 33.6 Å². The smallest absolute Gasteiger partial charge is 0.191 e. The Morgan fingerprint density at radius 2 is 1.96 bits per heavy atom. The molecule has 1 aromatic carbocycles. The van der Waals surface area contributed by atoms with Crippen molar-refractivity contribution in [2.75, 3.05) is 19.3 Å². The van der Waals surface area contributed by atoms with Crippen LogP contribution in [0.5, 0.6) is 0 Å². The number of nitrogens with zero attached hydrogens (tertiary/aromatic N) is 2. The number of aliphatic imine (C=N–C) groups is 1. The first kappa shape index (κ1) is 21.1. The van der Waals surface area contributed by atoms with Crippen molar-refractivity contribution in [1.29, 1.82) is 0 Å². The number of rotatable bonds is 6. The van der Waals surface area contributed by atoms with E-state index in [0.29, 0.717) is 6.54 Å². The maximum Gasteiger partial charge on any atom is 0.191 e. The summed E-state index contributed by atoms with van der Waals surface area (Å²) in [5.41, 5.74) is 2.21. The van der Waals surface area contributed by atoms with Crippen LogP contribution < -0.4 is 10.6 Å². The standard InChI is InChI=1S/C17H21ClN4S.HI/c1-13-4-3-9-20-16(13)12-22-17(19-2)21-10-11-23-15-7-5-14(18)6-8-15;/h3-9H,10-12H2,1-2H3,(H2,19,21,22);1H. The molecule has 0 amide bonds. The second kappa shape index (κ2) is 11.5. The fraction of sp³-hybridized carbons (Fsp3) is 0.294. The normalized spacial score (nSPS) is 10.9. The monoisotopic (exact) mass is 476 g/mol. The molecule has 0 saturated heterocycles. The van der Waals surface area contributed by atoms with E-state index in [1.807, 2.05) is 36.5 Å². The second-order valence-corrected chi connectivity index (χ2v) is 6.53. The van der Waals surface area contributed by atoms with Gasteiger partial charge < -0.3 is 10.6 Å². The van der Waals surface area contributed by atoms with Crippen LogP contribution >= 0.6 is 47.3 Å². The molecular formula is C17H22ClIN4S. The molecule has 2 rings (SSSR count). The van der Waals surface area contributed by atoms with Gasteiger partial charge in [0.15, 0.2) is 5.96 Å². The average Bonchev–Trinajstić information content (AvgIpc) is 2.57. The van der Waals surface area contributed by atoms with Crippen LogP contribution in [0.3, 0.4) is 0 Å². The minimum Gasteiger partial charge on any atom is -0.356 e. The summed E-state index contributed by atoms with van der Waals surface area (Å²) in [5, 5.41) is 7.35. The van der Waals surface area contributed by atoms with E-state index in [-0.39, 0.29) is 24.0 Å². The highest BCUT2D eigenvalue weighted by atomic mass is 127. The highest BCUT2D eigenvalue weighted by molar-refractivity contribution is 14.0. The number of thioether (sulfide) groups is 1. The summed E-state index contributed by atoms with van der Waals surface area (Å²) in [7, 11) is 1.77. The fourth-order valence-corrected chi connectivity index (χ4v) is 2.85. The number of benzene rings is 1. The first-order chi connectivity index (χ1) is 11.2. The van der Waals surface area contributed by atoms with Crippen LogP contribution in [-0.2, 0) is 6.54 Å². The molecule has 4 nitrogen and oxygen atoms in total. The lowest BCUT2D eigenvalue weighted by molar-refractivity contribution is 0.807. The molecule has 0 atom stereocenters. The van der Waals surface area contributed by atoms with Gasteiger partial charge in [-0.1, -0.05) is 17.7 Å². The highest BCUT2D eigenvalue weighted by Crippen LogP contribution is 2.19. The number of hydrogen-bond donors (Lipinski definition) is 2. The first-order valence-electron chi connectivity index (χ1n) is 7.42. The summed E-state index contributed by atoms with van der Waals surface area (Å²) in [6.45, 7) is 3.55. The van der Waals surface area contributed by atoms with Crippen LogP contribution in [0.25, 0.3) is 0 Å². The maximum absolute atomic E-state index is 5.88. The first-order valence-corrected chi connectivity index (χ1v) is 8.79. The molecule has 130 valence electrons. The summed E-state index contributed by atoms with van der Waals surface area (Å²) in [6, 6.07) is 11.9. The molecule has 0 aliphatic carbocycles. The molecule has 0 aliphatic rings. The van der Waals surface area contributed by atoms with Gasteiger partial charge in [-0.05, 0) is 42.8 Å². The van der Waals surface area contributed by atoms with Crippen molar-refractivity contribution in [1.82, 2.24) is 15.6 Å². The zero-order valence-electron chi connectivity index (χ0n) is 13.8. The van der Waals surface area contributed by atoms with Gasteiger partial charge in [0.1, 0.15) is 0 Å². The molecule has 0 spiro atoms. The van der Waals surface area contributed by atoms with Crippen molar-refractivity contribution in [3.63, 3.8) is 0 Å². The van der Waals surface area contributed by atoms with E-state index in [9.17, 15) is 0 Å². The summed E-state index contributed by atoms with van der Waals surface area (Å²) >= 11 is 7.66. The van der Waals surface area contributed by atoms with Crippen molar-refractivity contribution < 1.29 is 0 Å². The Hall–Kier alpha value is -0.990. The third kappa shape index (κ3) is 7.27. The maximum atomic E-state index is 5.88. The molecule has 1 aromatic heterocycles. The number of aryl methyl sites for hydroxylation is 1. The number of pyridine rings is 1. The van der Waals surface area contributed by atoms with Gasteiger partial charge in [0, 0.05) is 35.5 Å². The Labute approximate surface area is 169 Å². The lowest BCUT2D eigenvalue weighted by atomic mass is 10.2. The molecule has 0 unspecified atom stereocenters. The van der Waals surface area contributed by atoms with E-state index < -0.39 is 0 Å². The zero-order chi connectivity index (χ0) is 16.5. The lowest BCUT2D eigenvalue weighted by Gasteiger charge is -2.12. The third-order valence-electron chi connectivity index (χ3n) is 3.24. The lowest BCUT2D eigenvalue weighted by Crippen LogP contribution is -2.38. The molecule has 0 fully saturated rings. The predicted molar refractivity (Wildman–Crippen MR) is 115 cm³/mol. The Morgan fingerprint density at radius 3 is 2.62 bits per heavy atom. The molecule has 0 radical (unpaired) electrons. The number of guanidine groups is 1. The van der Waals surface area contributed by atoms with E-state index >= 15 is 0 Å². The summed E-state index contributed by atoms with van der Waals surface area (Å²) in [6.07, 6.45) is 1.81. The minimum absolute atomic E-state index is 0. The van der Waals surface area contributed by atoms with Gasteiger partial charge in [0.25, 0.3) is 0 Å². The van der Waals surface area contributed by atoms with Gasteiger partial charge in [-0.15, -0.1) is 35.7 Å². The summed E-state index contributed by atoms with van der Waals surface area (Å²) in [4.78, 5) is 9.81. The summed E-state index contributed by atoms with van der Waals surface area (Å²) in [5.74, 6) is 1.73. The van der Waals surface area contributed by atoms with Gasteiger partial charge in [-0.3, -0.25) is 9.98 Å². The second-order valence-electron chi connectivity index (χ2n) is 4.92. The predicted octanol–water partition coefficient (Wildman–Crippen LogP) is 4.12. The van der Waals surface area contributed by atoms with Crippen molar-refractivity contribution in [3.05, 3.63) is 58.9 Å². The molecule has 0 bridgehead atoms. The highest BCUT2D eigenvalue weighted by Gasteiger charge is 2.01. The van der Waals surface area contributed by atoms with E-state index in [0.717, 1.165) is 29.0 Å². The van der Waals surface area contributed by atoms with Gasteiger partial charge in [-0.2, -0.15) is 0 Å². The minimum atomic E-state index is 0. The fourth-order valence-electron chi connectivity index (χ4n) is 1.96. The van der Waals surface area contributed by atoms with Crippen LogP contribution in [0.1, 0.15) is 11.3 Å². The third-order valence-corrected chi connectivity index (χ3v) is 4.51. The van der Waals surface area contributed by atoms with Crippen LogP contribution in [-0.4, -0.2) is 30.3 Å². The Bertz CT molecular complexity index is 649. The number of hydrogen-bond acceptors (Lipinski definition) is 3. The zero-order valence-corrected chi connectivity index (χ0v) is 17.7. The Morgan fingerprint density at radius 1 is 1.21 bits per heavy atom. The molecule has 1 heterocycles. The van der Waals surface area contributed by atoms with Crippen molar-refractivity contribution in [2.45, 2.75) is 18.4 Å². The van der Waals surface area contributed by atoms with E-state index in [1.165, 1.54) is 10.5 Å². The molecule has 2 aromatic rings. The van der Waals surface area contributed by atoms with Crippen LogP contribution in [0.2, 0.25) is 5.02 Å². The van der Waals surface area contributed by atoms with Gasteiger partial charge >= 0.3 is 0 Å².